The van der Waals surface area contributed by atoms with Crippen molar-refractivity contribution in [3.8, 4) is 0 Å². The number of carboxylic acid groups (broad SMARTS) is 2. The highest BCUT2D eigenvalue weighted by atomic mass is 16.7. The van der Waals surface area contributed by atoms with Crippen molar-refractivity contribution in [2.75, 3.05) is 32.8 Å². The quantitative estimate of drug-likeness (QED) is 0.390. The van der Waals surface area contributed by atoms with E-state index in [4.69, 9.17) is 9.57 Å². The highest BCUT2D eigenvalue weighted by Crippen LogP contribution is 2.47. The van der Waals surface area contributed by atoms with Gasteiger partial charge in [0.2, 0.25) is 0 Å². The molecule has 0 aromatic heterocycles. The molecule has 0 aromatic carbocycles. The molecule has 0 radical (unpaired) electrons. The molecule has 0 amide bonds. The fourth-order valence-electron chi connectivity index (χ4n) is 3.95. The molecule has 1 rings (SSSR count). The first kappa shape index (κ1) is 25.3. The smallest absolute Gasteiger partial charge is 0.337 e. The Morgan fingerprint density at radius 1 is 1.00 bits per heavy atom. The number of ether oxygens (including phenoxy) is 1. The van der Waals surface area contributed by atoms with Crippen molar-refractivity contribution in [3.63, 3.8) is 0 Å². The van der Waals surface area contributed by atoms with Crippen LogP contribution in [0.1, 0.15) is 65.7 Å². The molecule has 0 saturated carbocycles. The topological polar surface area (TPSA) is 125 Å². The normalized spacial score (nSPS) is 17.5. The highest BCUT2D eigenvalue weighted by Gasteiger charge is 2.63. The van der Waals surface area contributed by atoms with Gasteiger partial charge in [-0.15, -0.1) is 5.06 Å². The van der Waals surface area contributed by atoms with Gasteiger partial charge >= 0.3 is 17.9 Å². The number of hydrogen-bond donors (Lipinski definition) is 3. The lowest BCUT2D eigenvalue weighted by Crippen LogP contribution is -2.62. The van der Waals surface area contributed by atoms with Crippen molar-refractivity contribution >= 4 is 17.9 Å². The molecule has 0 aromatic rings. The Hall–Kier alpha value is -1.71. The van der Waals surface area contributed by atoms with Crippen LogP contribution in [0.4, 0.5) is 0 Å². The van der Waals surface area contributed by atoms with Crippen molar-refractivity contribution in [1.82, 2.24) is 10.4 Å². The van der Waals surface area contributed by atoms with Gasteiger partial charge in [0.05, 0.1) is 6.42 Å². The van der Waals surface area contributed by atoms with Gasteiger partial charge in [-0.3, -0.25) is 4.79 Å². The monoisotopic (exact) mass is 416 g/mol. The molecule has 1 aliphatic heterocycles. The van der Waals surface area contributed by atoms with Crippen molar-refractivity contribution < 1.29 is 34.2 Å². The maximum Gasteiger partial charge on any atom is 0.337 e. The standard InChI is InChI=1S/C20H36N2O7/c1-4-7-9-19(10-8-5-2,18(27)29-22-13-11-21-12-14-22)20(17(25)26,28-6-3)15-16(23)24/h21H,4-15H2,1-3H3,(H,23,24)(H,25,26). The van der Waals surface area contributed by atoms with Crippen LogP contribution in [0, 0.1) is 5.41 Å². The van der Waals surface area contributed by atoms with Gasteiger partial charge in [0.1, 0.15) is 5.41 Å². The van der Waals surface area contributed by atoms with Crippen LogP contribution in [0.5, 0.6) is 0 Å². The number of rotatable bonds is 14. The van der Waals surface area contributed by atoms with Gasteiger partial charge in [-0.05, 0) is 19.8 Å². The van der Waals surface area contributed by atoms with Crippen LogP contribution in [0.3, 0.4) is 0 Å². The molecule has 1 unspecified atom stereocenters. The number of nitrogens with one attached hydrogen (secondary N) is 1. The summed E-state index contributed by atoms with van der Waals surface area (Å²) in [6, 6.07) is 0. The van der Waals surface area contributed by atoms with Gasteiger partial charge in [0.15, 0.2) is 5.60 Å². The molecule has 0 spiro atoms. The Morgan fingerprint density at radius 2 is 1.55 bits per heavy atom. The van der Waals surface area contributed by atoms with Crippen LogP contribution >= 0.6 is 0 Å². The van der Waals surface area contributed by atoms with Gasteiger partial charge in [-0.2, -0.15) is 0 Å². The van der Waals surface area contributed by atoms with E-state index in [0.29, 0.717) is 39.0 Å². The van der Waals surface area contributed by atoms with E-state index < -0.39 is 35.3 Å². The molecular weight excluding hydrogens is 380 g/mol. The maximum atomic E-state index is 13.5. The summed E-state index contributed by atoms with van der Waals surface area (Å²) in [6.07, 6.45) is 2.14. The van der Waals surface area contributed by atoms with E-state index in [0.717, 1.165) is 12.8 Å². The van der Waals surface area contributed by atoms with Crippen molar-refractivity contribution in [2.45, 2.75) is 71.3 Å². The number of hydroxylamine groups is 2. The van der Waals surface area contributed by atoms with Crippen molar-refractivity contribution in [3.05, 3.63) is 0 Å². The molecule has 0 bridgehead atoms. The van der Waals surface area contributed by atoms with Crippen LogP contribution in [0.2, 0.25) is 0 Å². The molecule has 1 heterocycles. The summed E-state index contributed by atoms with van der Waals surface area (Å²) < 4.78 is 5.66. The first-order chi connectivity index (χ1) is 13.8. The fraction of sp³-hybridized carbons (Fsp3) is 0.850. The number of carbonyl (C=O) groups is 3. The van der Waals surface area contributed by atoms with Gasteiger partial charge < -0.3 is 25.1 Å². The summed E-state index contributed by atoms with van der Waals surface area (Å²) in [5, 5.41) is 24.4. The molecule has 1 aliphatic rings. The average molecular weight is 417 g/mol. The van der Waals surface area contributed by atoms with Crippen LogP contribution in [0.25, 0.3) is 0 Å². The SMILES string of the molecule is CCCCC(CCCC)(C(=O)ON1CCNCC1)C(CC(=O)O)(OCC)C(=O)O. The molecule has 0 aliphatic carbocycles. The average Bonchev–Trinajstić information content (AvgIpc) is 2.68. The number of aliphatic carboxylic acids is 2. The first-order valence-electron chi connectivity index (χ1n) is 10.6. The van der Waals surface area contributed by atoms with Crippen LogP contribution in [0.15, 0.2) is 0 Å². The maximum absolute atomic E-state index is 13.5. The lowest BCUT2D eigenvalue weighted by molar-refractivity contribution is -0.234. The third-order valence-corrected chi connectivity index (χ3v) is 5.50. The highest BCUT2D eigenvalue weighted by molar-refractivity contribution is 5.93. The molecule has 1 saturated heterocycles. The van der Waals surface area contributed by atoms with Gasteiger partial charge in [0.25, 0.3) is 0 Å². The van der Waals surface area contributed by atoms with Gasteiger partial charge in [0, 0.05) is 32.8 Å². The summed E-state index contributed by atoms with van der Waals surface area (Å²) in [4.78, 5) is 43.4. The molecule has 9 nitrogen and oxygen atoms in total. The number of nitrogens with zero attached hydrogens (tertiary/aromatic N) is 1. The second-order valence-electron chi connectivity index (χ2n) is 7.48. The lowest BCUT2D eigenvalue weighted by Gasteiger charge is -2.45. The summed E-state index contributed by atoms with van der Waals surface area (Å²) in [6.45, 7) is 7.71. The molecular formula is C20H36N2O7. The predicted molar refractivity (Wildman–Crippen MR) is 106 cm³/mol. The largest absolute Gasteiger partial charge is 0.481 e. The number of piperazine rings is 1. The Labute approximate surface area is 172 Å². The molecule has 168 valence electrons. The molecule has 1 fully saturated rings. The number of hydrogen-bond acceptors (Lipinski definition) is 7. The third-order valence-electron chi connectivity index (χ3n) is 5.50. The van der Waals surface area contributed by atoms with E-state index in [1.807, 2.05) is 13.8 Å². The zero-order valence-electron chi connectivity index (χ0n) is 17.9. The van der Waals surface area contributed by atoms with Crippen molar-refractivity contribution in [2.24, 2.45) is 5.41 Å². The number of carboxylic acids is 2. The summed E-state index contributed by atoms with van der Waals surface area (Å²) in [7, 11) is 0. The van der Waals surface area contributed by atoms with E-state index in [2.05, 4.69) is 5.32 Å². The predicted octanol–water partition coefficient (Wildman–Crippen LogP) is 2.05. The molecule has 1 atom stereocenters. The Morgan fingerprint density at radius 3 is 1.97 bits per heavy atom. The van der Waals surface area contributed by atoms with E-state index in [1.54, 1.807) is 6.92 Å². The third kappa shape index (κ3) is 6.13. The van der Waals surface area contributed by atoms with E-state index in [9.17, 15) is 24.6 Å². The Kier molecular flexibility index (Phi) is 10.6. The minimum absolute atomic E-state index is 0.0273. The minimum atomic E-state index is -2.19. The molecule has 3 N–H and O–H groups in total. The van der Waals surface area contributed by atoms with Gasteiger partial charge in [-0.1, -0.05) is 39.5 Å². The van der Waals surface area contributed by atoms with E-state index in [-0.39, 0.29) is 19.4 Å². The Bertz CT molecular complexity index is 541. The van der Waals surface area contributed by atoms with E-state index >= 15 is 0 Å². The molecule has 29 heavy (non-hydrogen) atoms. The zero-order valence-corrected chi connectivity index (χ0v) is 17.9. The fourth-order valence-corrected chi connectivity index (χ4v) is 3.95. The number of unbranched alkanes of at least 4 members (excludes halogenated alkanes) is 2. The summed E-state index contributed by atoms with van der Waals surface area (Å²) in [5.74, 6) is -3.47. The lowest BCUT2D eigenvalue weighted by atomic mass is 9.64. The van der Waals surface area contributed by atoms with Crippen LogP contribution < -0.4 is 5.32 Å². The van der Waals surface area contributed by atoms with Gasteiger partial charge in [-0.25, -0.2) is 9.59 Å². The molecule has 9 heteroatoms. The van der Waals surface area contributed by atoms with Crippen molar-refractivity contribution in [1.29, 1.82) is 0 Å². The van der Waals surface area contributed by atoms with Crippen LogP contribution in [-0.4, -0.2) is 71.6 Å². The summed E-state index contributed by atoms with van der Waals surface area (Å²) >= 11 is 0. The second kappa shape index (κ2) is 12.1. The summed E-state index contributed by atoms with van der Waals surface area (Å²) in [5.41, 5.74) is -3.78. The van der Waals surface area contributed by atoms with E-state index in [1.165, 1.54) is 5.06 Å². The zero-order chi connectivity index (χ0) is 21.9. The number of carbonyl (C=O) groups excluding carboxylic acids is 1. The minimum Gasteiger partial charge on any atom is -0.481 e. The second-order valence-corrected chi connectivity index (χ2v) is 7.48. The first-order valence-corrected chi connectivity index (χ1v) is 10.6. The Balaban J connectivity index is 3.49. The van der Waals surface area contributed by atoms with Crippen LogP contribution in [-0.2, 0) is 24.0 Å².